The van der Waals surface area contributed by atoms with Gasteiger partial charge in [-0.3, -0.25) is 9.59 Å². The van der Waals surface area contributed by atoms with Gasteiger partial charge >= 0.3 is 5.97 Å². The summed E-state index contributed by atoms with van der Waals surface area (Å²) in [5.74, 6) is -1.09. The normalized spacial score (nSPS) is 21.6. The lowest BCUT2D eigenvalue weighted by Crippen LogP contribution is -2.46. The number of carboxylic acid groups (broad SMARTS) is 1. The molecule has 1 aliphatic carbocycles. The molecular formula is C15H19NO3. The molecular weight excluding hydrogens is 242 g/mol. The zero-order chi connectivity index (χ0) is 14.0. The van der Waals surface area contributed by atoms with E-state index in [4.69, 9.17) is 5.11 Å². The summed E-state index contributed by atoms with van der Waals surface area (Å²) in [7, 11) is 1.55. The van der Waals surface area contributed by atoms with Gasteiger partial charge in [0.25, 0.3) is 0 Å². The average molecular weight is 261 g/mol. The molecule has 0 saturated heterocycles. The smallest absolute Gasteiger partial charge is 0.323 e. The van der Waals surface area contributed by atoms with E-state index in [2.05, 4.69) is 6.07 Å². The van der Waals surface area contributed by atoms with Crippen LogP contribution >= 0.6 is 0 Å². The summed E-state index contributed by atoms with van der Waals surface area (Å²) < 4.78 is 0. The quantitative estimate of drug-likeness (QED) is 0.903. The van der Waals surface area contributed by atoms with Gasteiger partial charge in [-0.1, -0.05) is 24.3 Å². The molecule has 1 atom stereocenters. The van der Waals surface area contributed by atoms with Crippen LogP contribution in [-0.2, 0) is 21.4 Å². The number of hydrogen-bond acceptors (Lipinski definition) is 2. The van der Waals surface area contributed by atoms with Gasteiger partial charge in [-0.25, -0.2) is 0 Å². The molecule has 0 aromatic heterocycles. The van der Waals surface area contributed by atoms with E-state index < -0.39 is 11.4 Å². The van der Waals surface area contributed by atoms with Crippen molar-refractivity contribution in [2.45, 2.75) is 31.6 Å². The first-order valence-electron chi connectivity index (χ1n) is 6.51. The Morgan fingerprint density at radius 2 is 2.05 bits per heavy atom. The van der Waals surface area contributed by atoms with E-state index in [1.165, 1.54) is 10.5 Å². The Bertz CT molecular complexity index is 512. The third-order valence-corrected chi connectivity index (χ3v) is 3.93. The lowest BCUT2D eigenvalue weighted by atomic mass is 9.70. The Morgan fingerprint density at radius 3 is 2.74 bits per heavy atom. The number of benzene rings is 1. The monoisotopic (exact) mass is 261 g/mol. The molecule has 1 amide bonds. The number of carboxylic acids is 1. The van der Waals surface area contributed by atoms with E-state index >= 15 is 0 Å². The largest absolute Gasteiger partial charge is 0.480 e. The third-order valence-electron chi connectivity index (χ3n) is 3.93. The minimum Gasteiger partial charge on any atom is -0.480 e. The molecule has 0 radical (unpaired) electrons. The van der Waals surface area contributed by atoms with E-state index in [-0.39, 0.29) is 12.5 Å². The van der Waals surface area contributed by atoms with E-state index in [9.17, 15) is 9.59 Å². The minimum absolute atomic E-state index is 0.109. The Kier molecular flexibility index (Phi) is 3.60. The number of hydrogen-bond donors (Lipinski definition) is 1. The third kappa shape index (κ3) is 2.48. The van der Waals surface area contributed by atoms with Gasteiger partial charge < -0.3 is 10.0 Å². The summed E-state index contributed by atoms with van der Waals surface area (Å²) in [4.78, 5) is 24.6. The Labute approximate surface area is 113 Å². The van der Waals surface area contributed by atoms with E-state index in [1.807, 2.05) is 25.1 Å². The first kappa shape index (κ1) is 13.6. The van der Waals surface area contributed by atoms with Crippen molar-refractivity contribution in [1.29, 1.82) is 0 Å². The molecule has 1 unspecified atom stereocenters. The standard InChI is InChI=1S/C15H19NO3/c1-15(14(19)16(2)10-13(17)18)9-5-7-11-6-3-4-8-12(11)15/h3-4,6,8H,5,7,9-10H2,1-2H3,(H,17,18). The zero-order valence-corrected chi connectivity index (χ0v) is 11.3. The first-order chi connectivity index (χ1) is 8.95. The van der Waals surface area contributed by atoms with Crippen LogP contribution in [0.4, 0.5) is 0 Å². The molecule has 0 spiro atoms. The molecule has 4 heteroatoms. The molecule has 0 heterocycles. The summed E-state index contributed by atoms with van der Waals surface area (Å²) in [5, 5.41) is 8.82. The number of aliphatic carboxylic acids is 1. The van der Waals surface area contributed by atoms with Crippen molar-refractivity contribution in [3.63, 3.8) is 0 Å². The van der Waals surface area contributed by atoms with Gasteiger partial charge in [0.15, 0.2) is 0 Å². The number of rotatable bonds is 3. The molecule has 0 saturated carbocycles. The molecule has 0 bridgehead atoms. The van der Waals surface area contributed by atoms with Crippen molar-refractivity contribution >= 4 is 11.9 Å². The zero-order valence-electron chi connectivity index (χ0n) is 11.3. The molecule has 1 aliphatic rings. The first-order valence-corrected chi connectivity index (χ1v) is 6.51. The second-order valence-electron chi connectivity index (χ2n) is 5.40. The number of fused-ring (bicyclic) bond motifs is 1. The molecule has 102 valence electrons. The Hall–Kier alpha value is -1.84. The van der Waals surface area contributed by atoms with Crippen LogP contribution in [0.1, 0.15) is 30.9 Å². The van der Waals surface area contributed by atoms with Crippen LogP contribution in [0.2, 0.25) is 0 Å². The molecule has 1 aromatic rings. The molecule has 0 aliphatic heterocycles. The number of carbonyl (C=O) groups is 2. The van der Waals surface area contributed by atoms with Gasteiger partial charge in [0.05, 0.1) is 5.41 Å². The van der Waals surface area contributed by atoms with Crippen molar-refractivity contribution < 1.29 is 14.7 Å². The van der Waals surface area contributed by atoms with Crippen molar-refractivity contribution in [3.05, 3.63) is 35.4 Å². The highest BCUT2D eigenvalue weighted by Crippen LogP contribution is 2.38. The number of aryl methyl sites for hydroxylation is 1. The SMILES string of the molecule is CN(CC(=O)O)C(=O)C1(C)CCCc2ccccc21. The Balaban J connectivity index is 2.33. The summed E-state index contributed by atoms with van der Waals surface area (Å²) >= 11 is 0. The lowest BCUT2D eigenvalue weighted by molar-refractivity contribution is -0.146. The summed E-state index contributed by atoms with van der Waals surface area (Å²) in [6.45, 7) is 1.67. The maximum Gasteiger partial charge on any atom is 0.323 e. The van der Waals surface area contributed by atoms with Gasteiger partial charge in [-0.2, -0.15) is 0 Å². The van der Waals surface area contributed by atoms with Crippen LogP contribution in [0.25, 0.3) is 0 Å². The van der Waals surface area contributed by atoms with Gasteiger partial charge in [0.2, 0.25) is 5.91 Å². The second kappa shape index (κ2) is 5.03. The highest BCUT2D eigenvalue weighted by Gasteiger charge is 2.40. The predicted octanol–water partition coefficient (Wildman–Crippen LogP) is 1.82. The highest BCUT2D eigenvalue weighted by molar-refractivity contribution is 5.90. The summed E-state index contributed by atoms with van der Waals surface area (Å²) in [6.07, 6.45) is 2.72. The molecule has 1 N–H and O–H groups in total. The van der Waals surface area contributed by atoms with Gasteiger partial charge in [-0.15, -0.1) is 0 Å². The average Bonchev–Trinajstić information content (AvgIpc) is 2.37. The molecule has 19 heavy (non-hydrogen) atoms. The van der Waals surface area contributed by atoms with Crippen LogP contribution in [-0.4, -0.2) is 35.5 Å². The number of carbonyl (C=O) groups excluding carboxylic acids is 1. The summed E-state index contributed by atoms with van der Waals surface area (Å²) in [5.41, 5.74) is 1.65. The molecule has 2 rings (SSSR count). The van der Waals surface area contributed by atoms with Crippen molar-refractivity contribution in [2.75, 3.05) is 13.6 Å². The maximum absolute atomic E-state index is 12.6. The molecule has 1 aromatic carbocycles. The highest BCUT2D eigenvalue weighted by atomic mass is 16.4. The van der Waals surface area contributed by atoms with Crippen LogP contribution < -0.4 is 0 Å². The van der Waals surface area contributed by atoms with Gasteiger partial charge in [-0.05, 0) is 37.3 Å². The van der Waals surface area contributed by atoms with Crippen LogP contribution in [0.15, 0.2) is 24.3 Å². The van der Waals surface area contributed by atoms with Crippen molar-refractivity contribution in [3.8, 4) is 0 Å². The molecule has 0 fully saturated rings. The van der Waals surface area contributed by atoms with E-state index in [0.717, 1.165) is 24.8 Å². The van der Waals surface area contributed by atoms with Crippen LogP contribution in [0, 0.1) is 0 Å². The fraction of sp³-hybridized carbons (Fsp3) is 0.467. The number of nitrogens with zero attached hydrogens (tertiary/aromatic N) is 1. The van der Waals surface area contributed by atoms with E-state index in [1.54, 1.807) is 7.05 Å². The molecule has 4 nitrogen and oxygen atoms in total. The van der Waals surface area contributed by atoms with Crippen molar-refractivity contribution in [2.24, 2.45) is 0 Å². The predicted molar refractivity (Wildman–Crippen MR) is 72.0 cm³/mol. The van der Waals surface area contributed by atoms with Gasteiger partial charge in [0, 0.05) is 7.05 Å². The summed E-state index contributed by atoms with van der Waals surface area (Å²) in [6, 6.07) is 7.96. The fourth-order valence-electron chi connectivity index (χ4n) is 2.96. The second-order valence-corrected chi connectivity index (χ2v) is 5.40. The van der Waals surface area contributed by atoms with Crippen LogP contribution in [0.5, 0.6) is 0 Å². The van der Waals surface area contributed by atoms with Crippen LogP contribution in [0.3, 0.4) is 0 Å². The Morgan fingerprint density at radius 1 is 1.37 bits per heavy atom. The maximum atomic E-state index is 12.6. The lowest BCUT2D eigenvalue weighted by Gasteiger charge is -2.37. The topological polar surface area (TPSA) is 57.6 Å². The number of likely N-dealkylation sites (N-methyl/N-ethyl adjacent to an activating group) is 1. The van der Waals surface area contributed by atoms with Crippen molar-refractivity contribution in [1.82, 2.24) is 4.90 Å². The van der Waals surface area contributed by atoms with Gasteiger partial charge in [0.1, 0.15) is 6.54 Å². The number of amides is 1. The fourth-order valence-corrected chi connectivity index (χ4v) is 2.96. The minimum atomic E-state index is -0.983. The van der Waals surface area contributed by atoms with E-state index in [0.29, 0.717) is 0 Å².